The highest BCUT2D eigenvalue weighted by Crippen LogP contribution is 2.51. The Morgan fingerprint density at radius 2 is 2.08 bits per heavy atom. The van der Waals surface area contributed by atoms with Gasteiger partial charge in [0, 0.05) is 23.5 Å². The summed E-state index contributed by atoms with van der Waals surface area (Å²) in [7, 11) is 0. The number of amides is 1. The largest absolute Gasteiger partial charge is 0.484 e. The Morgan fingerprint density at radius 1 is 1.40 bits per heavy atom. The van der Waals surface area contributed by atoms with E-state index in [1.807, 2.05) is 13.8 Å². The number of benzene rings is 1. The first kappa shape index (κ1) is 19.5. The van der Waals surface area contributed by atoms with Crippen LogP contribution in [-0.4, -0.2) is 41.8 Å². The molecular weight excluding hydrogens is 346 g/mol. The summed E-state index contributed by atoms with van der Waals surface area (Å²) >= 11 is 5.95. The lowest BCUT2D eigenvalue weighted by Gasteiger charge is -2.58. The van der Waals surface area contributed by atoms with Crippen LogP contribution in [0.3, 0.4) is 0 Å². The molecular formula is C18H24ClNO5. The van der Waals surface area contributed by atoms with Crippen LogP contribution in [0.15, 0.2) is 18.2 Å². The molecule has 1 aromatic carbocycles. The van der Waals surface area contributed by atoms with Crippen molar-refractivity contribution in [1.29, 1.82) is 0 Å². The summed E-state index contributed by atoms with van der Waals surface area (Å²) in [5.41, 5.74) is -1.24. The average Bonchev–Trinajstić information content (AvgIpc) is 2.54. The Labute approximate surface area is 152 Å². The molecule has 1 amide bonds. The number of carboxylic acids is 1. The molecule has 0 heterocycles. The Bertz CT molecular complexity index is 675. The van der Waals surface area contributed by atoms with Crippen molar-refractivity contribution in [1.82, 2.24) is 5.32 Å². The highest BCUT2D eigenvalue weighted by atomic mass is 35.5. The summed E-state index contributed by atoms with van der Waals surface area (Å²) in [5, 5.41) is 12.9. The third-order valence-corrected chi connectivity index (χ3v) is 5.41. The van der Waals surface area contributed by atoms with E-state index in [4.69, 9.17) is 21.1 Å². The minimum Gasteiger partial charge on any atom is -0.484 e. The van der Waals surface area contributed by atoms with E-state index in [1.165, 1.54) is 0 Å². The minimum atomic E-state index is -1.36. The van der Waals surface area contributed by atoms with E-state index in [9.17, 15) is 14.7 Å². The average molecular weight is 370 g/mol. The summed E-state index contributed by atoms with van der Waals surface area (Å²) in [6.07, 6.45) is 0.0170. The lowest BCUT2D eigenvalue weighted by Crippen LogP contribution is -2.76. The van der Waals surface area contributed by atoms with Crippen molar-refractivity contribution < 1.29 is 24.2 Å². The third-order valence-electron chi connectivity index (χ3n) is 4.98. The smallest absolute Gasteiger partial charge is 0.330 e. The van der Waals surface area contributed by atoms with Gasteiger partial charge in [-0.15, -0.1) is 0 Å². The van der Waals surface area contributed by atoms with Crippen molar-refractivity contribution >= 4 is 23.5 Å². The number of rotatable bonds is 7. The topological polar surface area (TPSA) is 84.9 Å². The van der Waals surface area contributed by atoms with Gasteiger partial charge in [-0.3, -0.25) is 4.79 Å². The first-order chi connectivity index (χ1) is 11.6. The zero-order chi connectivity index (χ0) is 18.8. The van der Waals surface area contributed by atoms with E-state index < -0.39 is 22.8 Å². The number of ether oxygens (including phenoxy) is 2. The van der Waals surface area contributed by atoms with E-state index in [2.05, 4.69) is 5.32 Å². The zero-order valence-electron chi connectivity index (χ0n) is 14.9. The van der Waals surface area contributed by atoms with Gasteiger partial charge in [-0.25, -0.2) is 4.79 Å². The van der Waals surface area contributed by atoms with Crippen molar-refractivity contribution in [3.8, 4) is 5.75 Å². The first-order valence-corrected chi connectivity index (χ1v) is 8.57. The van der Waals surface area contributed by atoms with Gasteiger partial charge >= 0.3 is 5.97 Å². The Hall–Kier alpha value is -1.79. The van der Waals surface area contributed by atoms with E-state index in [1.54, 1.807) is 32.0 Å². The minimum absolute atomic E-state index is 0.214. The molecule has 1 saturated carbocycles. The number of hydrogen-bond donors (Lipinski definition) is 2. The SMILES string of the molecule is CCOC1CC(NC(=O)COc2ccc(Cl)c(C)c2)(C(=O)O)C1(C)C. The summed E-state index contributed by atoms with van der Waals surface area (Å²) in [6.45, 7) is 7.49. The normalized spacial score (nSPS) is 24.3. The highest BCUT2D eigenvalue weighted by Gasteiger charge is 2.66. The van der Waals surface area contributed by atoms with Crippen LogP contribution in [0.25, 0.3) is 0 Å². The molecule has 0 radical (unpaired) electrons. The van der Waals surface area contributed by atoms with Gasteiger partial charge in [0.15, 0.2) is 6.61 Å². The number of aliphatic carboxylic acids is 1. The predicted octanol–water partition coefficient (Wildman–Crippen LogP) is 2.80. The monoisotopic (exact) mass is 369 g/mol. The number of carboxylic acid groups (broad SMARTS) is 1. The molecule has 0 aliphatic heterocycles. The molecule has 2 rings (SSSR count). The maximum Gasteiger partial charge on any atom is 0.330 e. The third kappa shape index (κ3) is 3.60. The molecule has 6 nitrogen and oxygen atoms in total. The van der Waals surface area contributed by atoms with E-state index >= 15 is 0 Å². The number of aryl methyl sites for hydroxylation is 1. The molecule has 0 spiro atoms. The first-order valence-electron chi connectivity index (χ1n) is 8.19. The molecule has 0 aromatic heterocycles. The maximum absolute atomic E-state index is 12.3. The Kier molecular flexibility index (Phi) is 5.64. The number of carbonyl (C=O) groups excluding carboxylic acids is 1. The van der Waals surface area contributed by atoms with E-state index in [0.717, 1.165) is 5.56 Å². The van der Waals surface area contributed by atoms with Gasteiger partial charge in [-0.1, -0.05) is 25.4 Å². The van der Waals surface area contributed by atoms with E-state index in [0.29, 0.717) is 17.4 Å². The summed E-state index contributed by atoms with van der Waals surface area (Å²) in [5.74, 6) is -1.05. The van der Waals surface area contributed by atoms with Crippen LogP contribution in [0.2, 0.25) is 5.02 Å². The molecule has 1 aromatic rings. The lowest BCUT2D eigenvalue weighted by molar-refractivity contribution is -0.194. The van der Waals surface area contributed by atoms with Crippen LogP contribution < -0.4 is 10.1 Å². The van der Waals surface area contributed by atoms with Crippen molar-refractivity contribution in [3.05, 3.63) is 28.8 Å². The second-order valence-corrected chi connectivity index (χ2v) is 7.24. The molecule has 25 heavy (non-hydrogen) atoms. The van der Waals surface area contributed by atoms with Crippen LogP contribution in [0.5, 0.6) is 5.75 Å². The maximum atomic E-state index is 12.3. The second kappa shape index (κ2) is 7.22. The molecule has 7 heteroatoms. The molecule has 1 aliphatic rings. The molecule has 2 N–H and O–H groups in total. The molecule has 2 unspecified atom stereocenters. The number of hydrogen-bond acceptors (Lipinski definition) is 4. The Morgan fingerprint density at radius 3 is 2.60 bits per heavy atom. The van der Waals surface area contributed by atoms with Crippen molar-refractivity contribution in [2.75, 3.05) is 13.2 Å². The fraction of sp³-hybridized carbons (Fsp3) is 0.556. The predicted molar refractivity (Wildman–Crippen MR) is 94.0 cm³/mol. The fourth-order valence-electron chi connectivity index (χ4n) is 3.17. The molecule has 1 fully saturated rings. The van der Waals surface area contributed by atoms with Gasteiger partial charge in [-0.2, -0.15) is 0 Å². The standard InChI is InChI=1S/C18H24ClNO5/c1-5-24-14-9-18(16(22)23,17(14,3)4)20-15(21)10-25-12-6-7-13(19)11(2)8-12/h6-8,14H,5,9-10H2,1-4H3,(H,20,21)(H,22,23). The van der Waals surface area contributed by atoms with Crippen LogP contribution >= 0.6 is 11.6 Å². The van der Waals surface area contributed by atoms with Crippen molar-refractivity contribution in [3.63, 3.8) is 0 Å². The van der Waals surface area contributed by atoms with Crippen LogP contribution in [0.4, 0.5) is 0 Å². The molecule has 138 valence electrons. The summed E-state index contributed by atoms with van der Waals surface area (Å²) in [4.78, 5) is 24.1. The fourth-order valence-corrected chi connectivity index (χ4v) is 3.28. The quantitative estimate of drug-likeness (QED) is 0.772. The summed E-state index contributed by atoms with van der Waals surface area (Å²) in [6, 6.07) is 5.07. The zero-order valence-corrected chi connectivity index (χ0v) is 15.6. The van der Waals surface area contributed by atoms with Crippen LogP contribution in [0.1, 0.15) is 32.8 Å². The van der Waals surface area contributed by atoms with Gasteiger partial charge in [0.1, 0.15) is 11.3 Å². The van der Waals surface area contributed by atoms with Crippen LogP contribution in [0, 0.1) is 12.3 Å². The lowest BCUT2D eigenvalue weighted by atomic mass is 9.54. The number of nitrogens with one attached hydrogen (secondary N) is 1. The molecule has 0 saturated heterocycles. The van der Waals surface area contributed by atoms with Gasteiger partial charge in [-0.05, 0) is 37.6 Å². The van der Waals surface area contributed by atoms with E-state index in [-0.39, 0.29) is 19.1 Å². The Balaban J connectivity index is 2.02. The molecule has 1 aliphatic carbocycles. The van der Waals surface area contributed by atoms with Gasteiger partial charge in [0.2, 0.25) is 0 Å². The molecule has 0 bridgehead atoms. The van der Waals surface area contributed by atoms with Crippen molar-refractivity contribution in [2.24, 2.45) is 5.41 Å². The van der Waals surface area contributed by atoms with Gasteiger partial charge in [0.05, 0.1) is 6.10 Å². The van der Waals surface area contributed by atoms with Gasteiger partial charge in [0.25, 0.3) is 5.91 Å². The highest BCUT2D eigenvalue weighted by molar-refractivity contribution is 6.31. The van der Waals surface area contributed by atoms with Gasteiger partial charge < -0.3 is 19.9 Å². The van der Waals surface area contributed by atoms with Crippen LogP contribution in [-0.2, 0) is 14.3 Å². The number of halogens is 1. The second-order valence-electron chi connectivity index (χ2n) is 6.83. The molecule has 2 atom stereocenters. The number of carbonyl (C=O) groups is 2. The van der Waals surface area contributed by atoms with Crippen molar-refractivity contribution in [2.45, 2.75) is 45.8 Å². The summed E-state index contributed by atoms with van der Waals surface area (Å²) < 4.78 is 11.0.